The summed E-state index contributed by atoms with van der Waals surface area (Å²) in [5.41, 5.74) is 8.22. The van der Waals surface area contributed by atoms with Crippen molar-refractivity contribution in [2.45, 2.75) is 33.3 Å². The van der Waals surface area contributed by atoms with Gasteiger partial charge >= 0.3 is 0 Å². The highest BCUT2D eigenvalue weighted by molar-refractivity contribution is 5.82. The van der Waals surface area contributed by atoms with Gasteiger partial charge in [-0.1, -0.05) is 36.7 Å². The molecule has 0 amide bonds. The summed E-state index contributed by atoms with van der Waals surface area (Å²) in [7, 11) is 0. The molecule has 2 atom stereocenters. The Morgan fingerprint density at radius 2 is 2.33 bits per heavy atom. The van der Waals surface area contributed by atoms with Crippen molar-refractivity contribution in [3.63, 3.8) is 0 Å². The lowest BCUT2D eigenvalue weighted by Gasteiger charge is -2.26. The molecule has 0 radical (unpaired) electrons. The van der Waals surface area contributed by atoms with Crippen molar-refractivity contribution in [3.8, 4) is 5.75 Å². The second kappa shape index (κ2) is 6.80. The van der Waals surface area contributed by atoms with Crippen LogP contribution in [0.25, 0.3) is 0 Å². The van der Waals surface area contributed by atoms with E-state index in [0.29, 0.717) is 0 Å². The molecule has 1 heterocycles. The number of benzene rings is 1. The lowest BCUT2D eigenvalue weighted by atomic mass is 10.1. The molecule has 5 heteroatoms. The predicted octanol–water partition coefficient (Wildman–Crippen LogP) is 2.00. The van der Waals surface area contributed by atoms with Crippen LogP contribution in [0.4, 0.5) is 0 Å². The van der Waals surface area contributed by atoms with Crippen molar-refractivity contribution in [1.29, 1.82) is 0 Å². The van der Waals surface area contributed by atoms with Crippen LogP contribution in [0, 0.1) is 12.8 Å². The van der Waals surface area contributed by atoms with E-state index in [-0.39, 0.29) is 17.9 Å². The molecule has 116 valence electrons. The van der Waals surface area contributed by atoms with Crippen molar-refractivity contribution >= 4 is 5.84 Å². The van der Waals surface area contributed by atoms with E-state index in [9.17, 15) is 0 Å². The predicted molar refractivity (Wildman–Crippen MR) is 84.0 cm³/mol. The van der Waals surface area contributed by atoms with Gasteiger partial charge in [-0.2, -0.15) is 0 Å². The zero-order valence-electron chi connectivity index (χ0n) is 13.0. The Labute approximate surface area is 126 Å². The van der Waals surface area contributed by atoms with Gasteiger partial charge < -0.3 is 15.7 Å². The van der Waals surface area contributed by atoms with E-state index < -0.39 is 0 Å². The molecule has 0 saturated heterocycles. The first-order chi connectivity index (χ1) is 10.0. The van der Waals surface area contributed by atoms with Crippen LogP contribution < -0.4 is 10.5 Å². The SMILES string of the molecule is CCN(CC1Cc2cc(C)ccc2O1)CC(C)C(N)=NO. The van der Waals surface area contributed by atoms with Gasteiger partial charge in [0.2, 0.25) is 0 Å². The minimum Gasteiger partial charge on any atom is -0.488 e. The number of hydrogen-bond acceptors (Lipinski definition) is 4. The number of aryl methyl sites for hydroxylation is 1. The van der Waals surface area contributed by atoms with E-state index in [1.165, 1.54) is 11.1 Å². The molecule has 0 spiro atoms. The molecule has 21 heavy (non-hydrogen) atoms. The summed E-state index contributed by atoms with van der Waals surface area (Å²) >= 11 is 0. The number of oxime groups is 1. The van der Waals surface area contributed by atoms with Crippen LogP contribution in [0.1, 0.15) is 25.0 Å². The summed E-state index contributed by atoms with van der Waals surface area (Å²) in [6.45, 7) is 8.72. The van der Waals surface area contributed by atoms with Gasteiger partial charge in [0.05, 0.1) is 0 Å². The quantitative estimate of drug-likeness (QED) is 0.364. The zero-order chi connectivity index (χ0) is 15.4. The number of nitrogens with two attached hydrogens (primary N) is 1. The first-order valence-electron chi connectivity index (χ1n) is 7.49. The zero-order valence-corrected chi connectivity index (χ0v) is 13.0. The molecule has 3 N–H and O–H groups in total. The third-order valence-electron chi connectivity index (χ3n) is 4.02. The monoisotopic (exact) mass is 291 g/mol. The number of ether oxygens (including phenoxy) is 1. The first kappa shape index (κ1) is 15.6. The molecule has 0 saturated carbocycles. The highest BCUT2D eigenvalue weighted by Crippen LogP contribution is 2.29. The summed E-state index contributed by atoms with van der Waals surface area (Å²) in [5.74, 6) is 1.31. The third kappa shape index (κ3) is 3.88. The van der Waals surface area contributed by atoms with Crippen molar-refractivity contribution < 1.29 is 9.94 Å². The van der Waals surface area contributed by atoms with E-state index in [4.69, 9.17) is 15.7 Å². The lowest BCUT2D eigenvalue weighted by Crippen LogP contribution is -2.40. The van der Waals surface area contributed by atoms with Crippen LogP contribution in [0.5, 0.6) is 5.75 Å². The van der Waals surface area contributed by atoms with Gasteiger partial charge in [0, 0.05) is 25.4 Å². The van der Waals surface area contributed by atoms with Crippen LogP contribution in [0.15, 0.2) is 23.4 Å². The molecule has 1 aliphatic heterocycles. The maximum absolute atomic E-state index is 8.74. The molecular weight excluding hydrogens is 266 g/mol. The maximum atomic E-state index is 8.74. The molecule has 0 aromatic heterocycles. The highest BCUT2D eigenvalue weighted by atomic mass is 16.5. The fourth-order valence-electron chi connectivity index (χ4n) is 2.75. The number of amidine groups is 1. The molecule has 0 fully saturated rings. The average molecular weight is 291 g/mol. The second-order valence-electron chi connectivity index (χ2n) is 5.83. The van der Waals surface area contributed by atoms with Crippen molar-refractivity contribution in [2.24, 2.45) is 16.8 Å². The normalized spacial score (nSPS) is 19.4. The van der Waals surface area contributed by atoms with Gasteiger partial charge in [0.1, 0.15) is 17.7 Å². The van der Waals surface area contributed by atoms with E-state index in [0.717, 1.165) is 31.8 Å². The van der Waals surface area contributed by atoms with Crippen molar-refractivity contribution in [2.75, 3.05) is 19.6 Å². The van der Waals surface area contributed by atoms with E-state index >= 15 is 0 Å². The molecule has 1 aliphatic rings. The topological polar surface area (TPSA) is 71.1 Å². The number of likely N-dealkylation sites (N-methyl/N-ethyl adjacent to an activating group) is 1. The summed E-state index contributed by atoms with van der Waals surface area (Å²) in [6.07, 6.45) is 1.13. The van der Waals surface area contributed by atoms with Gasteiger partial charge in [0.25, 0.3) is 0 Å². The summed E-state index contributed by atoms with van der Waals surface area (Å²) in [4.78, 5) is 2.28. The molecule has 1 aromatic carbocycles. The van der Waals surface area contributed by atoms with E-state index in [1.807, 2.05) is 6.92 Å². The number of fused-ring (bicyclic) bond motifs is 1. The standard InChI is InChI=1S/C16H25N3O2/c1-4-19(9-12(3)16(17)18-20)10-14-8-13-7-11(2)5-6-15(13)21-14/h5-7,12,14,20H,4,8-10H2,1-3H3,(H2,17,18). The van der Waals surface area contributed by atoms with Gasteiger partial charge in [-0.05, 0) is 25.1 Å². The lowest BCUT2D eigenvalue weighted by molar-refractivity contribution is 0.149. The van der Waals surface area contributed by atoms with Crippen LogP contribution in [-0.4, -0.2) is 41.7 Å². The summed E-state index contributed by atoms with van der Waals surface area (Å²) in [6, 6.07) is 6.34. The molecule has 2 rings (SSSR count). The van der Waals surface area contributed by atoms with Crippen LogP contribution in [0.3, 0.4) is 0 Å². The Morgan fingerprint density at radius 1 is 1.57 bits per heavy atom. The average Bonchev–Trinajstić information content (AvgIpc) is 2.86. The van der Waals surface area contributed by atoms with Crippen LogP contribution >= 0.6 is 0 Å². The van der Waals surface area contributed by atoms with Crippen LogP contribution in [-0.2, 0) is 6.42 Å². The largest absolute Gasteiger partial charge is 0.488 e. The van der Waals surface area contributed by atoms with Gasteiger partial charge in [-0.25, -0.2) is 0 Å². The molecular formula is C16H25N3O2. The Kier molecular flexibility index (Phi) is 5.07. The Morgan fingerprint density at radius 3 is 3.00 bits per heavy atom. The Hall–Kier alpha value is -1.75. The Bertz CT molecular complexity index is 516. The number of rotatable bonds is 6. The highest BCUT2D eigenvalue weighted by Gasteiger charge is 2.25. The fraction of sp³-hybridized carbons (Fsp3) is 0.562. The molecule has 0 bridgehead atoms. The van der Waals surface area contributed by atoms with Gasteiger partial charge in [0.15, 0.2) is 0 Å². The molecule has 0 aliphatic carbocycles. The summed E-state index contributed by atoms with van der Waals surface area (Å²) in [5, 5.41) is 11.8. The third-order valence-corrected chi connectivity index (χ3v) is 4.02. The molecule has 1 aromatic rings. The van der Waals surface area contributed by atoms with Crippen molar-refractivity contribution in [3.05, 3.63) is 29.3 Å². The smallest absolute Gasteiger partial charge is 0.143 e. The molecule has 5 nitrogen and oxygen atoms in total. The molecule has 2 unspecified atom stereocenters. The van der Waals surface area contributed by atoms with Gasteiger partial charge in [-0.15, -0.1) is 0 Å². The van der Waals surface area contributed by atoms with Crippen molar-refractivity contribution in [1.82, 2.24) is 4.90 Å². The summed E-state index contributed by atoms with van der Waals surface area (Å²) < 4.78 is 6.01. The first-order valence-corrected chi connectivity index (χ1v) is 7.49. The van der Waals surface area contributed by atoms with Crippen LogP contribution in [0.2, 0.25) is 0 Å². The Balaban J connectivity index is 1.92. The minimum absolute atomic E-state index is 0.0287. The maximum Gasteiger partial charge on any atom is 0.143 e. The number of nitrogens with zero attached hydrogens (tertiary/aromatic N) is 2. The second-order valence-corrected chi connectivity index (χ2v) is 5.83. The fourth-order valence-corrected chi connectivity index (χ4v) is 2.75. The van der Waals surface area contributed by atoms with E-state index in [2.05, 4.69) is 42.1 Å². The number of hydrogen-bond donors (Lipinski definition) is 2. The van der Waals surface area contributed by atoms with E-state index in [1.54, 1.807) is 0 Å². The van der Waals surface area contributed by atoms with Gasteiger partial charge in [-0.3, -0.25) is 4.90 Å². The minimum atomic E-state index is 0.0287.